The number of hydrogen-bond acceptors (Lipinski definition) is 2. The van der Waals surface area contributed by atoms with E-state index in [1.165, 1.54) is 19.1 Å². The Morgan fingerprint density at radius 3 is 2.69 bits per heavy atom. The Balaban J connectivity index is 2.74. The van der Waals surface area contributed by atoms with E-state index in [0.29, 0.717) is 5.56 Å². The van der Waals surface area contributed by atoms with Crippen LogP contribution in [0.25, 0.3) is 0 Å². The lowest BCUT2D eigenvalue weighted by molar-refractivity contribution is 0.00228. The summed E-state index contributed by atoms with van der Waals surface area (Å²) in [7, 11) is 0. The van der Waals surface area contributed by atoms with Gasteiger partial charge in [-0.05, 0) is 24.6 Å². The highest BCUT2D eigenvalue weighted by Crippen LogP contribution is 2.13. The van der Waals surface area contributed by atoms with E-state index >= 15 is 0 Å². The minimum Gasteiger partial charge on any atom is -0.393 e. The topological polar surface area (TPSA) is 40.5 Å². The van der Waals surface area contributed by atoms with E-state index < -0.39 is 5.60 Å². The molecule has 0 aliphatic heterocycles. The second kappa shape index (κ2) is 3.85. The molecule has 0 saturated carbocycles. The third-order valence-corrected chi connectivity index (χ3v) is 1.81. The third kappa shape index (κ3) is 3.13. The number of rotatable bonds is 3. The Labute approximate surface area is 76.6 Å². The summed E-state index contributed by atoms with van der Waals surface area (Å²) in [5, 5.41) is 18.3. The molecule has 1 aromatic carbocycles. The summed E-state index contributed by atoms with van der Waals surface area (Å²) >= 11 is 0. The smallest absolute Gasteiger partial charge is 0.123 e. The van der Waals surface area contributed by atoms with Crippen molar-refractivity contribution in [3.05, 3.63) is 35.6 Å². The summed E-state index contributed by atoms with van der Waals surface area (Å²) in [6.07, 6.45) is 0.251. The standard InChI is InChI=1S/C10H13FO2/c1-10(13,7-12)6-8-3-2-4-9(11)5-8/h2-5,12-13H,6-7H2,1H3. The van der Waals surface area contributed by atoms with Gasteiger partial charge in [-0.1, -0.05) is 12.1 Å². The molecule has 72 valence electrons. The molecule has 0 heterocycles. The maximum absolute atomic E-state index is 12.7. The number of aliphatic hydroxyl groups excluding tert-OH is 1. The maximum atomic E-state index is 12.7. The molecule has 2 nitrogen and oxygen atoms in total. The monoisotopic (exact) mass is 184 g/mol. The molecule has 1 rings (SSSR count). The van der Waals surface area contributed by atoms with E-state index in [1.54, 1.807) is 12.1 Å². The Morgan fingerprint density at radius 1 is 1.46 bits per heavy atom. The lowest BCUT2D eigenvalue weighted by Gasteiger charge is -2.19. The molecule has 0 aliphatic carbocycles. The van der Waals surface area contributed by atoms with Crippen molar-refractivity contribution in [3.8, 4) is 0 Å². The quantitative estimate of drug-likeness (QED) is 0.738. The molecule has 3 heteroatoms. The Morgan fingerprint density at radius 2 is 2.15 bits per heavy atom. The zero-order valence-electron chi connectivity index (χ0n) is 7.50. The molecule has 0 fully saturated rings. The first kappa shape index (κ1) is 10.2. The van der Waals surface area contributed by atoms with Crippen LogP contribution in [0.1, 0.15) is 12.5 Å². The second-order valence-corrected chi connectivity index (χ2v) is 3.46. The molecule has 13 heavy (non-hydrogen) atoms. The molecule has 1 unspecified atom stereocenters. The minimum absolute atomic E-state index is 0.251. The first-order valence-electron chi connectivity index (χ1n) is 4.11. The van der Waals surface area contributed by atoms with E-state index in [2.05, 4.69) is 0 Å². The molecular weight excluding hydrogens is 171 g/mol. The Hall–Kier alpha value is -0.930. The molecule has 0 bridgehead atoms. The normalized spacial score (nSPS) is 15.4. The van der Waals surface area contributed by atoms with Gasteiger partial charge in [-0.3, -0.25) is 0 Å². The number of aliphatic hydroxyl groups is 2. The van der Waals surface area contributed by atoms with Crippen LogP contribution in [0.5, 0.6) is 0 Å². The average Bonchev–Trinajstić information content (AvgIpc) is 2.03. The first-order valence-corrected chi connectivity index (χ1v) is 4.11. The highest BCUT2D eigenvalue weighted by molar-refractivity contribution is 5.18. The third-order valence-electron chi connectivity index (χ3n) is 1.81. The van der Waals surface area contributed by atoms with E-state index in [0.717, 1.165) is 0 Å². The van der Waals surface area contributed by atoms with Gasteiger partial charge in [0, 0.05) is 6.42 Å². The Kier molecular flexibility index (Phi) is 3.01. The van der Waals surface area contributed by atoms with Gasteiger partial charge >= 0.3 is 0 Å². The number of benzene rings is 1. The van der Waals surface area contributed by atoms with Gasteiger partial charge in [-0.2, -0.15) is 0 Å². The summed E-state index contributed by atoms with van der Waals surface area (Å²) < 4.78 is 12.7. The maximum Gasteiger partial charge on any atom is 0.123 e. The van der Waals surface area contributed by atoms with Crippen LogP contribution >= 0.6 is 0 Å². The fraction of sp³-hybridized carbons (Fsp3) is 0.400. The van der Waals surface area contributed by atoms with E-state index in [4.69, 9.17) is 5.11 Å². The molecule has 0 aliphatic rings. The zero-order valence-corrected chi connectivity index (χ0v) is 7.50. The number of halogens is 1. The van der Waals surface area contributed by atoms with Gasteiger partial charge in [-0.25, -0.2) is 4.39 Å². The first-order chi connectivity index (χ1) is 6.03. The van der Waals surface area contributed by atoms with E-state index in [-0.39, 0.29) is 18.8 Å². The van der Waals surface area contributed by atoms with Crippen LogP contribution in [-0.4, -0.2) is 22.4 Å². The van der Waals surface area contributed by atoms with Gasteiger partial charge in [0.1, 0.15) is 5.82 Å². The molecule has 0 aromatic heterocycles. The fourth-order valence-corrected chi connectivity index (χ4v) is 1.14. The molecule has 0 radical (unpaired) electrons. The summed E-state index contributed by atoms with van der Waals surface area (Å²) in [5.41, 5.74) is -0.493. The molecule has 1 aromatic rings. The summed E-state index contributed by atoms with van der Waals surface area (Å²) in [4.78, 5) is 0. The molecule has 2 N–H and O–H groups in total. The highest BCUT2D eigenvalue weighted by atomic mass is 19.1. The SMILES string of the molecule is CC(O)(CO)Cc1cccc(F)c1. The van der Waals surface area contributed by atoms with Crippen molar-refractivity contribution in [2.75, 3.05) is 6.61 Å². The van der Waals surface area contributed by atoms with Crippen LogP contribution in [0.4, 0.5) is 4.39 Å². The van der Waals surface area contributed by atoms with Crippen molar-refractivity contribution in [3.63, 3.8) is 0 Å². The van der Waals surface area contributed by atoms with E-state index in [1.807, 2.05) is 0 Å². The van der Waals surface area contributed by atoms with E-state index in [9.17, 15) is 9.50 Å². The van der Waals surface area contributed by atoms with Crippen molar-refractivity contribution >= 4 is 0 Å². The predicted octanol–water partition coefficient (Wildman–Crippen LogP) is 1.11. The van der Waals surface area contributed by atoms with Crippen molar-refractivity contribution in [2.24, 2.45) is 0 Å². The molecule has 0 saturated heterocycles. The lowest BCUT2D eigenvalue weighted by atomic mass is 9.97. The van der Waals surface area contributed by atoms with Crippen molar-refractivity contribution in [1.82, 2.24) is 0 Å². The number of hydrogen-bond donors (Lipinski definition) is 2. The highest BCUT2D eigenvalue weighted by Gasteiger charge is 2.19. The van der Waals surface area contributed by atoms with Gasteiger partial charge in [0.15, 0.2) is 0 Å². The van der Waals surface area contributed by atoms with Crippen molar-refractivity contribution < 1.29 is 14.6 Å². The zero-order chi connectivity index (χ0) is 9.90. The fourth-order valence-electron chi connectivity index (χ4n) is 1.14. The molecular formula is C10H13FO2. The van der Waals surface area contributed by atoms with Crippen LogP contribution in [0, 0.1) is 5.82 Å². The predicted molar refractivity (Wildman–Crippen MR) is 47.8 cm³/mol. The van der Waals surface area contributed by atoms with Crippen molar-refractivity contribution in [1.29, 1.82) is 0 Å². The summed E-state index contributed by atoms with van der Waals surface area (Å²) in [5.74, 6) is -0.328. The summed E-state index contributed by atoms with van der Waals surface area (Å²) in [6.45, 7) is 1.18. The average molecular weight is 184 g/mol. The molecule has 0 spiro atoms. The van der Waals surface area contributed by atoms with Gasteiger partial charge in [0.2, 0.25) is 0 Å². The largest absolute Gasteiger partial charge is 0.393 e. The van der Waals surface area contributed by atoms with Crippen molar-refractivity contribution in [2.45, 2.75) is 18.9 Å². The van der Waals surface area contributed by atoms with Crippen LogP contribution in [0.2, 0.25) is 0 Å². The molecule has 0 amide bonds. The van der Waals surface area contributed by atoms with Crippen LogP contribution in [0.15, 0.2) is 24.3 Å². The van der Waals surface area contributed by atoms with Crippen LogP contribution in [-0.2, 0) is 6.42 Å². The Bertz CT molecular complexity index is 284. The molecule has 1 atom stereocenters. The van der Waals surface area contributed by atoms with Gasteiger partial charge in [0.05, 0.1) is 12.2 Å². The van der Waals surface area contributed by atoms with Crippen LogP contribution < -0.4 is 0 Å². The minimum atomic E-state index is -1.17. The summed E-state index contributed by atoms with van der Waals surface area (Å²) in [6, 6.07) is 5.99. The lowest BCUT2D eigenvalue weighted by Crippen LogP contribution is -2.31. The van der Waals surface area contributed by atoms with Gasteiger partial charge in [0.25, 0.3) is 0 Å². The van der Waals surface area contributed by atoms with Gasteiger partial charge in [-0.15, -0.1) is 0 Å². The van der Waals surface area contributed by atoms with Gasteiger partial charge < -0.3 is 10.2 Å². The second-order valence-electron chi connectivity index (χ2n) is 3.46. The van der Waals surface area contributed by atoms with Crippen LogP contribution in [0.3, 0.4) is 0 Å².